The summed E-state index contributed by atoms with van der Waals surface area (Å²) < 4.78 is 11.3. The van der Waals surface area contributed by atoms with Crippen LogP contribution in [0.5, 0.6) is 11.5 Å². The van der Waals surface area contributed by atoms with Crippen LogP contribution in [0.1, 0.15) is 44.7 Å². The van der Waals surface area contributed by atoms with E-state index < -0.39 is 0 Å². The smallest absolute Gasteiger partial charge is 0.125 e. The number of hydrogen-bond acceptors (Lipinski definition) is 3. The van der Waals surface area contributed by atoms with Crippen molar-refractivity contribution in [2.45, 2.75) is 44.8 Å². The minimum absolute atomic E-state index is 0.0328. The minimum Gasteiger partial charge on any atom is -0.497 e. The van der Waals surface area contributed by atoms with Crippen molar-refractivity contribution in [3.05, 3.63) is 23.8 Å². The molecule has 0 amide bonds. The third kappa shape index (κ3) is 2.39. The maximum Gasteiger partial charge on any atom is 0.125 e. The summed E-state index contributed by atoms with van der Waals surface area (Å²) in [5, 5.41) is 0. The Kier molecular flexibility index (Phi) is 3.29. The summed E-state index contributed by atoms with van der Waals surface area (Å²) >= 11 is 0. The molecule has 1 aromatic rings. The first kappa shape index (κ1) is 12.2. The van der Waals surface area contributed by atoms with Gasteiger partial charge in [0.15, 0.2) is 0 Å². The van der Waals surface area contributed by atoms with E-state index in [0.29, 0.717) is 0 Å². The highest BCUT2D eigenvalue weighted by Crippen LogP contribution is 2.41. The molecule has 17 heavy (non-hydrogen) atoms. The Balaban J connectivity index is 2.31. The van der Waals surface area contributed by atoms with E-state index in [1.807, 2.05) is 18.2 Å². The van der Waals surface area contributed by atoms with Gasteiger partial charge in [-0.1, -0.05) is 13.3 Å². The molecule has 1 aromatic carbocycles. The van der Waals surface area contributed by atoms with Crippen LogP contribution in [0.25, 0.3) is 0 Å². The predicted octanol–water partition coefficient (Wildman–Crippen LogP) is 3.04. The fourth-order valence-corrected chi connectivity index (χ4v) is 2.60. The maximum absolute atomic E-state index is 6.24. The van der Waals surface area contributed by atoms with Crippen LogP contribution in [0.15, 0.2) is 18.2 Å². The summed E-state index contributed by atoms with van der Waals surface area (Å²) in [7, 11) is 1.66. The van der Waals surface area contributed by atoms with Crippen molar-refractivity contribution in [2.24, 2.45) is 5.73 Å². The number of rotatable bonds is 3. The molecule has 2 atom stereocenters. The summed E-state index contributed by atoms with van der Waals surface area (Å²) in [6.45, 7) is 4.31. The first-order chi connectivity index (χ1) is 8.08. The highest BCUT2D eigenvalue weighted by atomic mass is 16.5. The molecule has 3 nitrogen and oxygen atoms in total. The Bertz CT molecular complexity index is 405. The zero-order valence-corrected chi connectivity index (χ0v) is 10.8. The van der Waals surface area contributed by atoms with Gasteiger partial charge in [-0.3, -0.25) is 0 Å². The van der Waals surface area contributed by atoms with Crippen molar-refractivity contribution < 1.29 is 9.47 Å². The second-order valence-corrected chi connectivity index (χ2v) is 5.02. The molecule has 0 fully saturated rings. The van der Waals surface area contributed by atoms with Crippen LogP contribution < -0.4 is 15.2 Å². The molecule has 1 unspecified atom stereocenters. The molecule has 0 saturated carbocycles. The van der Waals surface area contributed by atoms with Crippen molar-refractivity contribution in [3.63, 3.8) is 0 Å². The molecule has 3 heteroatoms. The monoisotopic (exact) mass is 235 g/mol. The van der Waals surface area contributed by atoms with E-state index in [1.54, 1.807) is 7.11 Å². The third-order valence-electron chi connectivity index (χ3n) is 3.40. The lowest BCUT2D eigenvalue weighted by Crippen LogP contribution is -2.40. The van der Waals surface area contributed by atoms with Gasteiger partial charge in [0.05, 0.1) is 7.11 Å². The van der Waals surface area contributed by atoms with Gasteiger partial charge in [0, 0.05) is 18.0 Å². The molecule has 0 bridgehead atoms. The molecule has 0 spiro atoms. The van der Waals surface area contributed by atoms with Crippen LogP contribution in [0, 0.1) is 0 Å². The predicted molar refractivity (Wildman–Crippen MR) is 68.5 cm³/mol. The van der Waals surface area contributed by atoms with E-state index in [2.05, 4.69) is 13.8 Å². The Morgan fingerprint density at radius 1 is 1.53 bits per heavy atom. The minimum atomic E-state index is -0.129. The number of benzene rings is 1. The van der Waals surface area contributed by atoms with Crippen LogP contribution in [0.4, 0.5) is 0 Å². The standard InChI is InChI=1S/C14H21NO2/c1-4-7-14(2)9-12(15)11-8-10(16-3)5-6-13(11)17-14/h5-6,8,12H,4,7,9,15H2,1-3H3/t12-,14?/m1/s1. The normalized spacial score (nSPS) is 27.2. The van der Waals surface area contributed by atoms with Gasteiger partial charge in [-0.25, -0.2) is 0 Å². The number of nitrogens with two attached hydrogens (primary N) is 1. The second kappa shape index (κ2) is 4.57. The third-order valence-corrected chi connectivity index (χ3v) is 3.40. The highest BCUT2D eigenvalue weighted by molar-refractivity contribution is 5.44. The van der Waals surface area contributed by atoms with E-state index in [4.69, 9.17) is 15.2 Å². The molecule has 1 heterocycles. The molecule has 0 saturated heterocycles. The van der Waals surface area contributed by atoms with Gasteiger partial charge in [0.25, 0.3) is 0 Å². The topological polar surface area (TPSA) is 44.5 Å². The quantitative estimate of drug-likeness (QED) is 0.875. The molecule has 0 radical (unpaired) electrons. The fraction of sp³-hybridized carbons (Fsp3) is 0.571. The van der Waals surface area contributed by atoms with E-state index in [0.717, 1.165) is 36.3 Å². The summed E-state index contributed by atoms with van der Waals surface area (Å²) in [6, 6.07) is 5.89. The van der Waals surface area contributed by atoms with Crippen LogP contribution in [-0.2, 0) is 0 Å². The fourth-order valence-electron chi connectivity index (χ4n) is 2.60. The summed E-state index contributed by atoms with van der Waals surface area (Å²) in [6.07, 6.45) is 3.00. The van der Waals surface area contributed by atoms with Crippen molar-refractivity contribution in [2.75, 3.05) is 7.11 Å². The van der Waals surface area contributed by atoms with Gasteiger partial charge in [-0.2, -0.15) is 0 Å². The number of ether oxygens (including phenoxy) is 2. The first-order valence-corrected chi connectivity index (χ1v) is 6.20. The second-order valence-electron chi connectivity index (χ2n) is 5.02. The summed E-state index contributed by atoms with van der Waals surface area (Å²) in [5.74, 6) is 1.74. The molecule has 0 aliphatic carbocycles. The Hall–Kier alpha value is -1.22. The largest absolute Gasteiger partial charge is 0.497 e. The van der Waals surface area contributed by atoms with Gasteiger partial charge < -0.3 is 15.2 Å². The van der Waals surface area contributed by atoms with Gasteiger partial charge in [0.2, 0.25) is 0 Å². The number of fused-ring (bicyclic) bond motifs is 1. The number of hydrogen-bond donors (Lipinski definition) is 1. The maximum atomic E-state index is 6.24. The van der Waals surface area contributed by atoms with Crippen molar-refractivity contribution in [3.8, 4) is 11.5 Å². The van der Waals surface area contributed by atoms with Crippen LogP contribution >= 0.6 is 0 Å². The van der Waals surface area contributed by atoms with Crippen molar-refractivity contribution >= 4 is 0 Å². The summed E-state index contributed by atoms with van der Waals surface area (Å²) in [4.78, 5) is 0. The van der Waals surface area contributed by atoms with E-state index >= 15 is 0 Å². The van der Waals surface area contributed by atoms with Crippen LogP contribution in [-0.4, -0.2) is 12.7 Å². The molecule has 94 valence electrons. The molecule has 1 aliphatic rings. The molecular weight excluding hydrogens is 214 g/mol. The van der Waals surface area contributed by atoms with Crippen molar-refractivity contribution in [1.82, 2.24) is 0 Å². The van der Waals surface area contributed by atoms with Crippen LogP contribution in [0.2, 0.25) is 0 Å². The Morgan fingerprint density at radius 3 is 2.94 bits per heavy atom. The van der Waals surface area contributed by atoms with Crippen LogP contribution in [0.3, 0.4) is 0 Å². The van der Waals surface area contributed by atoms with E-state index in [-0.39, 0.29) is 11.6 Å². The SMILES string of the molecule is CCCC1(C)C[C@@H](N)c2cc(OC)ccc2O1. The lowest BCUT2D eigenvalue weighted by molar-refractivity contribution is 0.0447. The van der Waals surface area contributed by atoms with Gasteiger partial charge in [-0.15, -0.1) is 0 Å². The average Bonchev–Trinajstić information content (AvgIpc) is 2.28. The van der Waals surface area contributed by atoms with E-state index in [1.165, 1.54) is 0 Å². The van der Waals surface area contributed by atoms with Gasteiger partial charge >= 0.3 is 0 Å². The van der Waals surface area contributed by atoms with Crippen molar-refractivity contribution in [1.29, 1.82) is 0 Å². The number of methoxy groups -OCH3 is 1. The Labute approximate surface area is 103 Å². The Morgan fingerprint density at radius 2 is 2.29 bits per heavy atom. The lowest BCUT2D eigenvalue weighted by Gasteiger charge is -2.38. The molecule has 2 N–H and O–H groups in total. The lowest BCUT2D eigenvalue weighted by atomic mass is 9.86. The highest BCUT2D eigenvalue weighted by Gasteiger charge is 2.35. The van der Waals surface area contributed by atoms with Gasteiger partial charge in [-0.05, 0) is 31.5 Å². The van der Waals surface area contributed by atoms with E-state index in [9.17, 15) is 0 Å². The molecule has 2 rings (SSSR count). The zero-order chi connectivity index (χ0) is 12.5. The van der Waals surface area contributed by atoms with Gasteiger partial charge in [0.1, 0.15) is 17.1 Å². The average molecular weight is 235 g/mol. The molecule has 0 aromatic heterocycles. The molecular formula is C14H21NO2. The first-order valence-electron chi connectivity index (χ1n) is 6.20. The summed E-state index contributed by atoms with van der Waals surface area (Å²) in [5.41, 5.74) is 7.16. The zero-order valence-electron chi connectivity index (χ0n) is 10.8. The molecule has 1 aliphatic heterocycles.